The molecule has 12 aromatic rings. The number of hydrogen-bond donors (Lipinski definition) is 0. The van der Waals surface area contributed by atoms with Gasteiger partial charge in [-0.15, -0.1) is 0 Å². The summed E-state index contributed by atoms with van der Waals surface area (Å²) in [5.74, 6) is 1.52. The quantitative estimate of drug-likeness (QED) is 0.153. The average Bonchev–Trinajstić information content (AvgIpc) is 3.88. The van der Waals surface area contributed by atoms with Crippen LogP contribution in [0.25, 0.3) is 106 Å². The molecule has 0 atom stereocenters. The molecule has 0 aliphatic heterocycles. The Hall–Kier alpha value is -8.41. The molecule has 0 bridgehead atoms. The third kappa shape index (κ3) is 6.55. The fraction of sp³-hybridized carbons (Fsp3) is 0.0172. The number of hydrogen-bond acceptors (Lipinski definition) is 4. The maximum Gasteiger partial charge on any atom is 0.160 e. The number of fused-ring (bicyclic) bond motifs is 6. The zero-order valence-corrected chi connectivity index (χ0v) is 34.2. The first-order valence-electron chi connectivity index (χ1n) is 21.3. The Bertz CT molecular complexity index is 3580. The van der Waals surface area contributed by atoms with Crippen LogP contribution in [0.5, 0.6) is 0 Å². The average molecular weight is 807 g/mol. The Balaban J connectivity index is 1.12. The number of para-hydroxylation sites is 2. The van der Waals surface area contributed by atoms with Crippen LogP contribution in [0.4, 0.5) is 0 Å². The Kier molecular flexibility index (Phi) is 8.82. The number of benzene rings is 8. The van der Waals surface area contributed by atoms with Crippen molar-refractivity contribution < 1.29 is 4.42 Å². The maximum absolute atomic E-state index is 6.51. The van der Waals surface area contributed by atoms with Crippen molar-refractivity contribution in [2.24, 2.45) is 0 Å². The van der Waals surface area contributed by atoms with Gasteiger partial charge < -0.3 is 4.42 Å². The van der Waals surface area contributed by atoms with Crippen LogP contribution >= 0.6 is 0 Å². The predicted octanol–water partition coefficient (Wildman–Crippen LogP) is 14.8. The van der Waals surface area contributed by atoms with Gasteiger partial charge in [-0.3, -0.25) is 4.57 Å². The van der Waals surface area contributed by atoms with Gasteiger partial charge in [-0.2, -0.15) is 0 Å². The smallest absolute Gasteiger partial charge is 0.160 e. The Labute approximate surface area is 364 Å². The number of furan rings is 1. The first-order chi connectivity index (χ1) is 31.2. The van der Waals surface area contributed by atoms with Crippen LogP contribution in [0.3, 0.4) is 0 Å². The van der Waals surface area contributed by atoms with E-state index in [0.717, 1.165) is 111 Å². The minimum atomic E-state index is 0.498. The van der Waals surface area contributed by atoms with Crippen molar-refractivity contribution in [3.8, 4) is 61.8 Å². The SMILES string of the molecule is c1ccc(-c2ccc(-c3ccccc3)c(-c3cnc(-n4c5ccccc5c5cc6c(cc54)oc4ccccc46)c(Cc4cc(-c5ccccc5)nc(-c5ccccc5)n4)c3)c2)cc1. The highest BCUT2D eigenvalue weighted by atomic mass is 16.3. The maximum atomic E-state index is 6.51. The highest BCUT2D eigenvalue weighted by Crippen LogP contribution is 2.41. The lowest BCUT2D eigenvalue weighted by molar-refractivity contribution is 0.669. The number of rotatable bonds is 8. The van der Waals surface area contributed by atoms with Crippen molar-refractivity contribution in [2.75, 3.05) is 0 Å². The third-order valence-electron chi connectivity index (χ3n) is 12.1. The lowest BCUT2D eigenvalue weighted by atomic mass is 9.91. The molecule has 5 nitrogen and oxygen atoms in total. The molecule has 0 saturated carbocycles. The molecule has 0 radical (unpaired) electrons. The standard InChI is InChI=1S/C58H38N4O/c1-5-17-38(18-6-1)42-29-30-46(39-19-7-2-8-20-39)49(33-42)44-31-43(32-45-34-52(40-21-9-3-10-22-40)61-57(60-45)41-23-11-4-12-24-41)58(59-37-44)62-53-27-15-13-25-47(53)50-35-51-48-26-14-16-28-55(48)63-56(51)36-54(50)62/h1-31,33-37H,32H2. The van der Waals surface area contributed by atoms with Gasteiger partial charge in [0.15, 0.2) is 5.82 Å². The summed E-state index contributed by atoms with van der Waals surface area (Å²) in [4.78, 5) is 15.9. The molecular weight excluding hydrogens is 769 g/mol. The number of nitrogens with zero attached hydrogens (tertiary/aromatic N) is 4. The summed E-state index contributed by atoms with van der Waals surface area (Å²) in [6.45, 7) is 0. The predicted molar refractivity (Wildman–Crippen MR) is 258 cm³/mol. The molecule has 0 spiro atoms. The third-order valence-corrected chi connectivity index (χ3v) is 12.1. The molecular formula is C58H38N4O. The van der Waals surface area contributed by atoms with Gasteiger partial charge in [-0.25, -0.2) is 15.0 Å². The van der Waals surface area contributed by atoms with Crippen LogP contribution in [0, 0.1) is 0 Å². The zero-order chi connectivity index (χ0) is 41.7. The molecule has 4 heterocycles. The molecule has 0 unspecified atom stereocenters. The molecule has 0 aliphatic rings. The number of pyridine rings is 1. The van der Waals surface area contributed by atoms with Crippen molar-refractivity contribution in [3.63, 3.8) is 0 Å². The first kappa shape index (κ1) is 36.4. The van der Waals surface area contributed by atoms with E-state index in [2.05, 4.69) is 180 Å². The molecule has 0 aliphatic carbocycles. The molecule has 4 aromatic heterocycles. The van der Waals surface area contributed by atoms with E-state index >= 15 is 0 Å². The fourth-order valence-corrected chi connectivity index (χ4v) is 9.12. The fourth-order valence-electron chi connectivity index (χ4n) is 9.12. The van der Waals surface area contributed by atoms with Crippen LogP contribution in [0.15, 0.2) is 223 Å². The van der Waals surface area contributed by atoms with Crippen LogP contribution in [0.1, 0.15) is 11.3 Å². The van der Waals surface area contributed by atoms with E-state index in [0.29, 0.717) is 12.2 Å². The van der Waals surface area contributed by atoms with Gasteiger partial charge in [0, 0.05) is 68.2 Å². The number of aromatic nitrogens is 4. The Morgan fingerprint density at radius 3 is 1.81 bits per heavy atom. The molecule has 5 heteroatoms. The summed E-state index contributed by atoms with van der Waals surface area (Å²) >= 11 is 0. The summed E-state index contributed by atoms with van der Waals surface area (Å²) in [6.07, 6.45) is 2.54. The van der Waals surface area contributed by atoms with E-state index in [-0.39, 0.29) is 0 Å². The lowest BCUT2D eigenvalue weighted by Crippen LogP contribution is -2.06. The van der Waals surface area contributed by atoms with Gasteiger partial charge in [0.1, 0.15) is 17.0 Å². The zero-order valence-electron chi connectivity index (χ0n) is 34.2. The van der Waals surface area contributed by atoms with Crippen molar-refractivity contribution in [1.82, 2.24) is 19.5 Å². The van der Waals surface area contributed by atoms with Crippen molar-refractivity contribution in [3.05, 3.63) is 230 Å². The largest absolute Gasteiger partial charge is 0.456 e. The summed E-state index contributed by atoms with van der Waals surface area (Å²) in [6, 6.07) is 74.4. The molecule has 0 N–H and O–H groups in total. The van der Waals surface area contributed by atoms with E-state index in [1.54, 1.807) is 0 Å². The Morgan fingerprint density at radius 2 is 1.05 bits per heavy atom. The molecule has 0 fully saturated rings. The van der Waals surface area contributed by atoms with Crippen molar-refractivity contribution in [1.29, 1.82) is 0 Å². The summed E-state index contributed by atoms with van der Waals surface area (Å²) in [5, 5.41) is 4.49. The molecule has 8 aromatic carbocycles. The molecule has 12 rings (SSSR count). The normalized spacial score (nSPS) is 11.6. The lowest BCUT2D eigenvalue weighted by Gasteiger charge is -2.17. The highest BCUT2D eigenvalue weighted by molar-refractivity contribution is 6.17. The molecule has 0 saturated heterocycles. The van der Waals surface area contributed by atoms with E-state index in [1.807, 2.05) is 42.6 Å². The van der Waals surface area contributed by atoms with Crippen LogP contribution < -0.4 is 0 Å². The van der Waals surface area contributed by atoms with E-state index in [4.69, 9.17) is 19.4 Å². The van der Waals surface area contributed by atoms with Crippen LogP contribution in [-0.4, -0.2) is 19.5 Å². The van der Waals surface area contributed by atoms with E-state index < -0.39 is 0 Å². The minimum Gasteiger partial charge on any atom is -0.456 e. The molecule has 0 amide bonds. The van der Waals surface area contributed by atoms with E-state index in [9.17, 15) is 0 Å². The van der Waals surface area contributed by atoms with Gasteiger partial charge in [-0.1, -0.05) is 170 Å². The second-order valence-corrected chi connectivity index (χ2v) is 16.0. The highest BCUT2D eigenvalue weighted by Gasteiger charge is 2.22. The minimum absolute atomic E-state index is 0.498. The topological polar surface area (TPSA) is 56.7 Å². The van der Waals surface area contributed by atoms with Gasteiger partial charge in [0.25, 0.3) is 0 Å². The van der Waals surface area contributed by atoms with Crippen molar-refractivity contribution >= 4 is 43.7 Å². The van der Waals surface area contributed by atoms with Crippen molar-refractivity contribution in [2.45, 2.75) is 6.42 Å². The summed E-state index contributed by atoms with van der Waals surface area (Å²) < 4.78 is 8.82. The first-order valence-corrected chi connectivity index (χ1v) is 21.3. The van der Waals surface area contributed by atoms with Gasteiger partial charge >= 0.3 is 0 Å². The van der Waals surface area contributed by atoms with Crippen LogP contribution in [-0.2, 0) is 6.42 Å². The summed E-state index contributed by atoms with van der Waals surface area (Å²) in [5.41, 5.74) is 15.3. The molecule has 296 valence electrons. The second-order valence-electron chi connectivity index (χ2n) is 16.0. The molecule has 63 heavy (non-hydrogen) atoms. The summed E-state index contributed by atoms with van der Waals surface area (Å²) in [7, 11) is 0. The van der Waals surface area contributed by atoms with Gasteiger partial charge in [0.2, 0.25) is 0 Å². The van der Waals surface area contributed by atoms with Crippen LogP contribution in [0.2, 0.25) is 0 Å². The Morgan fingerprint density at radius 1 is 0.397 bits per heavy atom. The second kappa shape index (κ2) is 15.2. The monoisotopic (exact) mass is 806 g/mol. The van der Waals surface area contributed by atoms with E-state index in [1.165, 1.54) is 0 Å². The van der Waals surface area contributed by atoms with Gasteiger partial charge in [-0.05, 0) is 64.2 Å². The van der Waals surface area contributed by atoms with Gasteiger partial charge in [0.05, 0.1) is 16.7 Å².